The van der Waals surface area contributed by atoms with Crippen LogP contribution in [0.5, 0.6) is 0 Å². The van der Waals surface area contributed by atoms with Crippen molar-refractivity contribution in [3.8, 4) is 6.07 Å². The Labute approximate surface area is 159 Å². The second-order valence-corrected chi connectivity index (χ2v) is 6.66. The van der Waals surface area contributed by atoms with Crippen LogP contribution in [0.1, 0.15) is 5.56 Å². The van der Waals surface area contributed by atoms with Crippen molar-refractivity contribution < 1.29 is 13.6 Å². The number of nitriles is 1. The quantitative estimate of drug-likeness (QED) is 0.351. The van der Waals surface area contributed by atoms with Gasteiger partial charge in [0, 0.05) is 10.6 Å². The lowest BCUT2D eigenvalue weighted by atomic mass is 10.0. The SMILES string of the molecule is N#C/C(=C\c1cccc2ccccc12)C(=O)Nc1ccc(SC(F)F)cc1. The van der Waals surface area contributed by atoms with Crippen LogP contribution in [0.3, 0.4) is 0 Å². The number of alkyl halides is 2. The molecule has 0 saturated heterocycles. The van der Waals surface area contributed by atoms with Crippen LogP contribution >= 0.6 is 11.8 Å². The number of carbonyl (C=O) groups is 1. The van der Waals surface area contributed by atoms with Gasteiger partial charge >= 0.3 is 0 Å². The van der Waals surface area contributed by atoms with E-state index in [-0.39, 0.29) is 5.57 Å². The molecule has 27 heavy (non-hydrogen) atoms. The van der Waals surface area contributed by atoms with Crippen molar-refractivity contribution in [3.05, 3.63) is 77.9 Å². The van der Waals surface area contributed by atoms with Gasteiger partial charge in [-0.05, 0) is 46.7 Å². The van der Waals surface area contributed by atoms with E-state index in [4.69, 9.17) is 0 Å². The van der Waals surface area contributed by atoms with Crippen LogP contribution < -0.4 is 5.32 Å². The van der Waals surface area contributed by atoms with E-state index in [1.165, 1.54) is 24.3 Å². The summed E-state index contributed by atoms with van der Waals surface area (Å²) in [5.41, 5.74) is 1.15. The first kappa shape index (κ1) is 18.6. The van der Waals surface area contributed by atoms with Crippen LogP contribution in [-0.4, -0.2) is 11.7 Å². The maximum atomic E-state index is 12.4. The van der Waals surface area contributed by atoms with E-state index >= 15 is 0 Å². The summed E-state index contributed by atoms with van der Waals surface area (Å²) in [6.45, 7) is 0. The number of amides is 1. The second kappa shape index (κ2) is 8.47. The van der Waals surface area contributed by atoms with Crippen molar-refractivity contribution in [1.82, 2.24) is 0 Å². The van der Waals surface area contributed by atoms with Crippen molar-refractivity contribution >= 4 is 40.2 Å². The highest BCUT2D eigenvalue weighted by molar-refractivity contribution is 7.99. The van der Waals surface area contributed by atoms with Gasteiger partial charge in [-0.25, -0.2) is 0 Å². The highest BCUT2D eigenvalue weighted by Gasteiger charge is 2.11. The molecule has 0 bridgehead atoms. The molecule has 0 heterocycles. The van der Waals surface area contributed by atoms with Gasteiger partial charge in [-0.15, -0.1) is 0 Å². The van der Waals surface area contributed by atoms with Crippen LogP contribution in [0.15, 0.2) is 77.2 Å². The third kappa shape index (κ3) is 4.72. The highest BCUT2D eigenvalue weighted by atomic mass is 32.2. The summed E-state index contributed by atoms with van der Waals surface area (Å²) in [6.07, 6.45) is 1.54. The molecule has 134 valence electrons. The Bertz CT molecular complexity index is 1030. The first-order valence-corrected chi connectivity index (χ1v) is 8.90. The Balaban J connectivity index is 1.82. The van der Waals surface area contributed by atoms with Gasteiger partial charge in [0.1, 0.15) is 11.6 Å². The number of hydrogen-bond acceptors (Lipinski definition) is 3. The number of fused-ring (bicyclic) bond motifs is 1. The summed E-state index contributed by atoms with van der Waals surface area (Å²) < 4.78 is 24.7. The average molecular weight is 380 g/mol. The van der Waals surface area contributed by atoms with Crippen LogP contribution in [0.4, 0.5) is 14.5 Å². The summed E-state index contributed by atoms with van der Waals surface area (Å²) in [4.78, 5) is 12.8. The number of nitrogens with zero attached hydrogens (tertiary/aromatic N) is 1. The summed E-state index contributed by atoms with van der Waals surface area (Å²) in [6, 6.07) is 21.3. The molecular formula is C21H14F2N2OS. The van der Waals surface area contributed by atoms with E-state index < -0.39 is 11.7 Å². The normalized spacial score (nSPS) is 11.4. The molecule has 0 unspecified atom stereocenters. The molecule has 0 aromatic heterocycles. The van der Waals surface area contributed by atoms with Gasteiger partial charge in [0.15, 0.2) is 0 Å². The molecule has 0 saturated carbocycles. The van der Waals surface area contributed by atoms with E-state index in [0.29, 0.717) is 22.3 Å². The molecule has 3 rings (SSSR count). The molecule has 0 radical (unpaired) electrons. The topological polar surface area (TPSA) is 52.9 Å². The zero-order valence-corrected chi connectivity index (χ0v) is 14.8. The minimum atomic E-state index is -2.50. The maximum Gasteiger partial charge on any atom is 0.288 e. The molecule has 0 aliphatic rings. The van der Waals surface area contributed by atoms with Gasteiger partial charge in [-0.1, -0.05) is 54.2 Å². The smallest absolute Gasteiger partial charge is 0.288 e. The number of benzene rings is 3. The molecule has 3 aromatic carbocycles. The number of rotatable bonds is 5. The third-order valence-electron chi connectivity index (χ3n) is 3.83. The fourth-order valence-corrected chi connectivity index (χ4v) is 3.10. The molecule has 0 atom stereocenters. The zero-order chi connectivity index (χ0) is 19.2. The van der Waals surface area contributed by atoms with Crippen molar-refractivity contribution in [3.63, 3.8) is 0 Å². The minimum Gasteiger partial charge on any atom is -0.321 e. The number of nitrogens with one attached hydrogen (secondary N) is 1. The summed E-state index contributed by atoms with van der Waals surface area (Å²) in [5.74, 6) is -3.06. The van der Waals surface area contributed by atoms with Crippen LogP contribution in [-0.2, 0) is 4.79 Å². The second-order valence-electron chi connectivity index (χ2n) is 5.60. The van der Waals surface area contributed by atoms with Crippen LogP contribution in [0.25, 0.3) is 16.8 Å². The average Bonchev–Trinajstić information content (AvgIpc) is 2.67. The van der Waals surface area contributed by atoms with E-state index in [1.54, 1.807) is 6.08 Å². The molecule has 6 heteroatoms. The minimum absolute atomic E-state index is 0.0441. The molecule has 1 N–H and O–H groups in total. The van der Waals surface area contributed by atoms with Gasteiger partial charge in [-0.3, -0.25) is 4.79 Å². The van der Waals surface area contributed by atoms with Gasteiger partial charge in [-0.2, -0.15) is 14.0 Å². The highest BCUT2D eigenvalue weighted by Crippen LogP contribution is 2.26. The van der Waals surface area contributed by atoms with Gasteiger partial charge < -0.3 is 5.32 Å². The number of halogens is 2. The van der Waals surface area contributed by atoms with Crippen molar-refractivity contribution in [2.75, 3.05) is 5.32 Å². The molecule has 3 nitrogen and oxygen atoms in total. The third-order valence-corrected chi connectivity index (χ3v) is 4.55. The predicted octanol–water partition coefficient (Wildman–Crippen LogP) is 5.70. The van der Waals surface area contributed by atoms with Crippen molar-refractivity contribution in [2.45, 2.75) is 10.7 Å². The molecule has 0 aliphatic heterocycles. The maximum absolute atomic E-state index is 12.4. The Morgan fingerprint density at radius 1 is 1.04 bits per heavy atom. The Morgan fingerprint density at radius 3 is 2.44 bits per heavy atom. The number of anilines is 1. The van der Waals surface area contributed by atoms with E-state index in [9.17, 15) is 18.8 Å². The van der Waals surface area contributed by atoms with E-state index in [0.717, 1.165) is 16.3 Å². The molecule has 0 fully saturated rings. The van der Waals surface area contributed by atoms with Crippen molar-refractivity contribution in [1.29, 1.82) is 5.26 Å². The summed E-state index contributed by atoms with van der Waals surface area (Å²) in [7, 11) is 0. The lowest BCUT2D eigenvalue weighted by Gasteiger charge is -2.07. The Kier molecular flexibility index (Phi) is 5.84. The number of thioether (sulfide) groups is 1. The Hall–Kier alpha value is -3.17. The molecule has 1 amide bonds. The predicted molar refractivity (Wildman–Crippen MR) is 104 cm³/mol. The number of carbonyl (C=O) groups excluding carboxylic acids is 1. The van der Waals surface area contributed by atoms with Gasteiger partial charge in [0.25, 0.3) is 11.7 Å². The summed E-state index contributed by atoms with van der Waals surface area (Å²) in [5, 5.41) is 13.9. The Morgan fingerprint density at radius 2 is 1.74 bits per heavy atom. The first-order valence-electron chi connectivity index (χ1n) is 8.02. The van der Waals surface area contributed by atoms with Gasteiger partial charge in [0.05, 0.1) is 0 Å². The largest absolute Gasteiger partial charge is 0.321 e. The number of hydrogen-bond donors (Lipinski definition) is 1. The lowest BCUT2D eigenvalue weighted by molar-refractivity contribution is -0.112. The molecule has 3 aromatic rings. The fourth-order valence-electron chi connectivity index (χ4n) is 2.60. The van der Waals surface area contributed by atoms with Crippen LogP contribution in [0, 0.1) is 11.3 Å². The summed E-state index contributed by atoms with van der Waals surface area (Å²) >= 11 is 0.430. The zero-order valence-electron chi connectivity index (χ0n) is 14.0. The molecule has 0 aliphatic carbocycles. The van der Waals surface area contributed by atoms with Gasteiger partial charge in [0.2, 0.25) is 0 Å². The van der Waals surface area contributed by atoms with Crippen LogP contribution in [0.2, 0.25) is 0 Å². The monoisotopic (exact) mass is 380 g/mol. The van der Waals surface area contributed by atoms with E-state index in [2.05, 4.69) is 5.32 Å². The molecular weight excluding hydrogens is 366 g/mol. The fraction of sp³-hybridized carbons (Fsp3) is 0.0476. The standard InChI is InChI=1S/C21H14F2N2OS/c22-21(23)27-18-10-8-17(9-11-18)25-20(26)16(13-24)12-15-6-3-5-14-4-1-2-7-19(14)15/h1-12,21H,(H,25,26)/b16-12+. The van der Waals surface area contributed by atoms with Crippen molar-refractivity contribution in [2.24, 2.45) is 0 Å². The molecule has 0 spiro atoms. The first-order chi connectivity index (χ1) is 13.1. The lowest BCUT2D eigenvalue weighted by Crippen LogP contribution is -2.13. The van der Waals surface area contributed by atoms with E-state index in [1.807, 2.05) is 48.5 Å².